The van der Waals surface area contributed by atoms with Crippen molar-refractivity contribution in [3.8, 4) is 5.75 Å². The number of piperazine rings is 1. The molecule has 31 heavy (non-hydrogen) atoms. The Morgan fingerprint density at radius 1 is 1.26 bits per heavy atom. The predicted molar refractivity (Wildman–Crippen MR) is 121 cm³/mol. The molecule has 1 aromatic carbocycles. The van der Waals surface area contributed by atoms with Crippen molar-refractivity contribution in [2.24, 2.45) is 5.92 Å². The summed E-state index contributed by atoms with van der Waals surface area (Å²) in [7, 11) is 0. The fourth-order valence-electron chi connectivity index (χ4n) is 2.95. The minimum absolute atomic E-state index is 0.103. The highest BCUT2D eigenvalue weighted by Crippen LogP contribution is 2.14. The van der Waals surface area contributed by atoms with E-state index in [4.69, 9.17) is 21.7 Å². The van der Waals surface area contributed by atoms with Crippen LogP contribution in [0, 0.1) is 5.92 Å². The Kier molecular flexibility index (Phi) is 9.71. The third-order valence-corrected chi connectivity index (χ3v) is 5.06. The molecular formula is C22H31N3O5S. The van der Waals surface area contributed by atoms with Crippen LogP contribution in [0.1, 0.15) is 50.4 Å². The van der Waals surface area contributed by atoms with Crippen molar-refractivity contribution in [1.29, 1.82) is 0 Å². The fraction of sp³-hybridized carbons (Fsp3) is 0.545. The standard InChI is InChI=1S/C22H31N3O5S/c1-4-12-29-17-7-5-16(6-8-17)20(27)24-22(31)25-11-10-23-21(28)18(25)14-19(26)30-13-9-15(2)3/h5-8,15,18H,4,9-14H2,1-3H3,(H,23,28)(H,24,27,31). The summed E-state index contributed by atoms with van der Waals surface area (Å²) in [6, 6.07) is 5.92. The average Bonchev–Trinajstić information content (AvgIpc) is 2.73. The third kappa shape index (κ3) is 7.82. The van der Waals surface area contributed by atoms with Gasteiger partial charge >= 0.3 is 5.97 Å². The van der Waals surface area contributed by atoms with Gasteiger partial charge in [-0.25, -0.2) is 0 Å². The Morgan fingerprint density at radius 2 is 1.97 bits per heavy atom. The molecule has 0 aliphatic carbocycles. The molecule has 1 atom stereocenters. The summed E-state index contributed by atoms with van der Waals surface area (Å²) in [5.41, 5.74) is 0.414. The molecule has 1 saturated heterocycles. The van der Waals surface area contributed by atoms with Crippen molar-refractivity contribution in [2.75, 3.05) is 26.3 Å². The smallest absolute Gasteiger partial charge is 0.308 e. The third-order valence-electron chi connectivity index (χ3n) is 4.72. The Hall–Kier alpha value is -2.68. The second kappa shape index (κ2) is 12.2. The van der Waals surface area contributed by atoms with Crippen LogP contribution in [0.4, 0.5) is 0 Å². The minimum atomic E-state index is -0.821. The van der Waals surface area contributed by atoms with E-state index in [-0.39, 0.29) is 17.4 Å². The second-order valence-corrected chi connectivity index (χ2v) is 8.13. The van der Waals surface area contributed by atoms with E-state index >= 15 is 0 Å². The van der Waals surface area contributed by atoms with Gasteiger partial charge in [0.05, 0.1) is 19.6 Å². The number of carbonyl (C=O) groups excluding carboxylic acids is 3. The lowest BCUT2D eigenvalue weighted by atomic mass is 10.1. The van der Waals surface area contributed by atoms with Crippen LogP contribution < -0.4 is 15.4 Å². The van der Waals surface area contributed by atoms with Crippen LogP contribution in [0.25, 0.3) is 0 Å². The van der Waals surface area contributed by atoms with Crippen molar-refractivity contribution >= 4 is 35.1 Å². The van der Waals surface area contributed by atoms with E-state index in [2.05, 4.69) is 10.6 Å². The first-order valence-corrected chi connectivity index (χ1v) is 11.0. The van der Waals surface area contributed by atoms with E-state index in [1.807, 2.05) is 20.8 Å². The summed E-state index contributed by atoms with van der Waals surface area (Å²) in [6.45, 7) is 7.77. The molecular weight excluding hydrogens is 418 g/mol. The number of benzene rings is 1. The molecule has 2 amide bonds. The average molecular weight is 450 g/mol. The highest BCUT2D eigenvalue weighted by Gasteiger charge is 2.34. The van der Waals surface area contributed by atoms with E-state index in [1.54, 1.807) is 29.2 Å². The zero-order valence-corrected chi connectivity index (χ0v) is 19.1. The largest absolute Gasteiger partial charge is 0.494 e. The zero-order valence-electron chi connectivity index (χ0n) is 18.3. The minimum Gasteiger partial charge on any atom is -0.494 e. The van der Waals surface area contributed by atoms with Crippen LogP contribution >= 0.6 is 12.2 Å². The molecule has 170 valence electrons. The number of ether oxygens (including phenoxy) is 2. The van der Waals surface area contributed by atoms with Crippen molar-refractivity contribution in [3.63, 3.8) is 0 Å². The summed E-state index contributed by atoms with van der Waals surface area (Å²) in [5.74, 6) is -0.0797. The summed E-state index contributed by atoms with van der Waals surface area (Å²) in [6.07, 6.45) is 1.51. The molecule has 8 nitrogen and oxygen atoms in total. The molecule has 1 aliphatic rings. The van der Waals surface area contributed by atoms with Gasteiger partial charge in [-0.05, 0) is 55.2 Å². The molecule has 2 rings (SSSR count). The molecule has 0 saturated carbocycles. The van der Waals surface area contributed by atoms with Gasteiger partial charge in [0.15, 0.2) is 5.11 Å². The van der Waals surface area contributed by atoms with Crippen molar-refractivity contribution < 1.29 is 23.9 Å². The van der Waals surface area contributed by atoms with Crippen LogP contribution in [0.2, 0.25) is 0 Å². The quantitative estimate of drug-likeness (QED) is 0.441. The molecule has 1 aromatic rings. The number of hydrogen-bond donors (Lipinski definition) is 2. The number of esters is 1. The molecule has 2 N–H and O–H groups in total. The number of thiocarbonyl (C=S) groups is 1. The normalized spacial score (nSPS) is 15.9. The first-order valence-electron chi connectivity index (χ1n) is 10.6. The lowest BCUT2D eigenvalue weighted by Crippen LogP contribution is -2.60. The maximum Gasteiger partial charge on any atom is 0.308 e. The lowest BCUT2D eigenvalue weighted by Gasteiger charge is -2.36. The van der Waals surface area contributed by atoms with Crippen molar-refractivity contribution in [1.82, 2.24) is 15.5 Å². The Morgan fingerprint density at radius 3 is 2.61 bits per heavy atom. The molecule has 1 aliphatic heterocycles. The SMILES string of the molecule is CCCOc1ccc(C(=O)NC(=S)N2CCNC(=O)C2CC(=O)OCCC(C)C)cc1. The van der Waals surface area contributed by atoms with Crippen LogP contribution in [0.5, 0.6) is 5.75 Å². The monoisotopic (exact) mass is 449 g/mol. The summed E-state index contributed by atoms with van der Waals surface area (Å²) in [5, 5.41) is 5.49. The first-order chi connectivity index (χ1) is 14.8. The van der Waals surface area contributed by atoms with Gasteiger partial charge in [-0.15, -0.1) is 0 Å². The maximum absolute atomic E-state index is 12.6. The van der Waals surface area contributed by atoms with E-state index in [9.17, 15) is 14.4 Å². The predicted octanol–water partition coefficient (Wildman–Crippen LogP) is 2.27. The van der Waals surface area contributed by atoms with Crippen LogP contribution in [0.3, 0.4) is 0 Å². The number of nitrogens with one attached hydrogen (secondary N) is 2. The Bertz CT molecular complexity index is 782. The van der Waals surface area contributed by atoms with Gasteiger partial charge < -0.3 is 19.7 Å². The molecule has 0 aromatic heterocycles. The second-order valence-electron chi connectivity index (χ2n) is 7.74. The highest BCUT2D eigenvalue weighted by atomic mass is 32.1. The molecule has 0 radical (unpaired) electrons. The van der Waals surface area contributed by atoms with Gasteiger partial charge in [0.1, 0.15) is 11.8 Å². The topological polar surface area (TPSA) is 97.0 Å². The van der Waals surface area contributed by atoms with Gasteiger partial charge in [-0.2, -0.15) is 0 Å². The molecule has 9 heteroatoms. The zero-order chi connectivity index (χ0) is 22.8. The van der Waals surface area contributed by atoms with Crippen LogP contribution in [0.15, 0.2) is 24.3 Å². The Balaban J connectivity index is 1.96. The van der Waals surface area contributed by atoms with E-state index < -0.39 is 17.9 Å². The molecule has 0 bridgehead atoms. The number of amides is 2. The number of rotatable bonds is 9. The van der Waals surface area contributed by atoms with Gasteiger partial charge in [-0.3, -0.25) is 19.7 Å². The van der Waals surface area contributed by atoms with E-state index in [0.717, 1.165) is 12.8 Å². The summed E-state index contributed by atoms with van der Waals surface area (Å²) >= 11 is 5.38. The summed E-state index contributed by atoms with van der Waals surface area (Å²) < 4.78 is 10.7. The highest BCUT2D eigenvalue weighted by molar-refractivity contribution is 7.80. The number of carbonyl (C=O) groups is 3. The van der Waals surface area contributed by atoms with Crippen LogP contribution in [-0.2, 0) is 14.3 Å². The first kappa shape index (κ1) is 24.6. The molecule has 1 fully saturated rings. The summed E-state index contributed by atoms with van der Waals surface area (Å²) in [4.78, 5) is 38.7. The molecule has 0 spiro atoms. The van der Waals surface area contributed by atoms with Crippen molar-refractivity contribution in [2.45, 2.75) is 46.1 Å². The maximum atomic E-state index is 12.6. The van der Waals surface area contributed by atoms with Gasteiger partial charge in [0.2, 0.25) is 5.91 Å². The van der Waals surface area contributed by atoms with E-state index in [1.165, 1.54) is 0 Å². The molecule has 1 unspecified atom stereocenters. The van der Waals surface area contributed by atoms with Gasteiger partial charge in [0, 0.05) is 18.7 Å². The Labute approximate surface area is 188 Å². The number of nitrogens with zero attached hydrogens (tertiary/aromatic N) is 1. The lowest BCUT2D eigenvalue weighted by molar-refractivity contribution is -0.147. The number of hydrogen-bond acceptors (Lipinski definition) is 6. The van der Waals surface area contributed by atoms with Crippen LogP contribution in [-0.4, -0.2) is 60.1 Å². The van der Waals surface area contributed by atoms with E-state index in [0.29, 0.717) is 43.5 Å². The van der Waals surface area contributed by atoms with Gasteiger partial charge in [-0.1, -0.05) is 20.8 Å². The van der Waals surface area contributed by atoms with Crippen molar-refractivity contribution in [3.05, 3.63) is 29.8 Å². The molecule has 1 heterocycles. The fourth-order valence-corrected chi connectivity index (χ4v) is 3.26. The van der Waals surface area contributed by atoms with Gasteiger partial charge in [0.25, 0.3) is 5.91 Å².